The Morgan fingerprint density at radius 1 is 0.852 bits per heavy atom. The summed E-state index contributed by atoms with van der Waals surface area (Å²) in [6, 6.07) is 12.8. The van der Waals surface area contributed by atoms with Gasteiger partial charge in [-0.3, -0.25) is 9.59 Å². The summed E-state index contributed by atoms with van der Waals surface area (Å²) in [5.41, 5.74) is 0.724. The van der Waals surface area contributed by atoms with Crippen molar-refractivity contribution in [3.63, 3.8) is 0 Å². The van der Waals surface area contributed by atoms with Gasteiger partial charge in [-0.1, -0.05) is 12.1 Å². The van der Waals surface area contributed by atoms with E-state index in [4.69, 9.17) is 9.47 Å². The van der Waals surface area contributed by atoms with E-state index in [9.17, 15) is 14.0 Å². The molecule has 0 aliphatic heterocycles. The molecule has 0 aliphatic rings. The van der Waals surface area contributed by atoms with E-state index in [-0.39, 0.29) is 30.7 Å². The molecule has 0 spiro atoms. The van der Waals surface area contributed by atoms with Crippen molar-refractivity contribution in [3.05, 3.63) is 59.9 Å². The molecule has 0 aromatic heterocycles. The number of nitrogens with one attached hydrogen (secondary N) is 2. The SMILES string of the molecule is CCOc1ccc(OCC(=O)NCCNC(=O)Cc2ccc(F)cc2)cc1. The Kier molecular flexibility index (Phi) is 8.09. The van der Waals surface area contributed by atoms with Crippen molar-refractivity contribution in [1.82, 2.24) is 10.6 Å². The molecule has 144 valence electrons. The second-order valence-corrected chi connectivity index (χ2v) is 5.70. The van der Waals surface area contributed by atoms with Crippen LogP contribution in [0.3, 0.4) is 0 Å². The van der Waals surface area contributed by atoms with Gasteiger partial charge in [0, 0.05) is 13.1 Å². The Labute approximate surface area is 157 Å². The van der Waals surface area contributed by atoms with Gasteiger partial charge >= 0.3 is 0 Å². The summed E-state index contributed by atoms with van der Waals surface area (Å²) in [5.74, 6) is 0.499. The minimum atomic E-state index is -0.339. The van der Waals surface area contributed by atoms with Gasteiger partial charge in [-0.05, 0) is 48.9 Å². The van der Waals surface area contributed by atoms with Crippen LogP contribution >= 0.6 is 0 Å². The number of ether oxygens (including phenoxy) is 2. The summed E-state index contributed by atoms with van der Waals surface area (Å²) in [5, 5.41) is 5.35. The normalized spacial score (nSPS) is 10.1. The maximum atomic E-state index is 12.8. The van der Waals surface area contributed by atoms with Gasteiger partial charge in [-0.25, -0.2) is 4.39 Å². The molecule has 2 amide bonds. The van der Waals surface area contributed by atoms with E-state index < -0.39 is 0 Å². The molecule has 2 aromatic carbocycles. The minimum Gasteiger partial charge on any atom is -0.494 e. The van der Waals surface area contributed by atoms with Crippen molar-refractivity contribution in [2.75, 3.05) is 26.3 Å². The number of hydrogen-bond donors (Lipinski definition) is 2. The molecule has 2 rings (SSSR count). The average molecular weight is 374 g/mol. The van der Waals surface area contributed by atoms with Crippen molar-refractivity contribution in [2.24, 2.45) is 0 Å². The van der Waals surface area contributed by atoms with Crippen LogP contribution in [-0.2, 0) is 16.0 Å². The third-order valence-electron chi connectivity index (χ3n) is 3.55. The van der Waals surface area contributed by atoms with E-state index in [1.165, 1.54) is 12.1 Å². The molecule has 0 fully saturated rings. The largest absolute Gasteiger partial charge is 0.494 e. The lowest BCUT2D eigenvalue weighted by Crippen LogP contribution is -2.37. The van der Waals surface area contributed by atoms with Gasteiger partial charge in [-0.15, -0.1) is 0 Å². The summed E-state index contributed by atoms with van der Waals surface area (Å²) >= 11 is 0. The van der Waals surface area contributed by atoms with E-state index in [0.717, 1.165) is 11.3 Å². The molecular weight excluding hydrogens is 351 g/mol. The van der Waals surface area contributed by atoms with Crippen LogP contribution < -0.4 is 20.1 Å². The predicted molar refractivity (Wildman–Crippen MR) is 99.2 cm³/mol. The molecule has 2 aromatic rings. The first-order chi connectivity index (χ1) is 13.1. The smallest absolute Gasteiger partial charge is 0.258 e. The van der Waals surface area contributed by atoms with E-state index in [2.05, 4.69) is 10.6 Å². The summed E-state index contributed by atoms with van der Waals surface area (Å²) < 4.78 is 23.5. The molecule has 0 saturated heterocycles. The van der Waals surface area contributed by atoms with Crippen molar-refractivity contribution in [3.8, 4) is 11.5 Å². The van der Waals surface area contributed by atoms with Crippen LogP contribution in [0.1, 0.15) is 12.5 Å². The summed E-state index contributed by atoms with van der Waals surface area (Å²) in [6.45, 7) is 2.97. The average Bonchev–Trinajstić information content (AvgIpc) is 2.67. The van der Waals surface area contributed by atoms with Gasteiger partial charge in [-0.2, -0.15) is 0 Å². The number of carbonyl (C=O) groups is 2. The van der Waals surface area contributed by atoms with Gasteiger partial charge in [0.25, 0.3) is 5.91 Å². The Morgan fingerprint density at radius 3 is 2.00 bits per heavy atom. The summed E-state index contributed by atoms with van der Waals surface area (Å²) in [7, 11) is 0. The van der Waals surface area contributed by atoms with Crippen molar-refractivity contribution in [2.45, 2.75) is 13.3 Å². The highest BCUT2D eigenvalue weighted by Gasteiger charge is 2.05. The van der Waals surface area contributed by atoms with Crippen LogP contribution in [0.25, 0.3) is 0 Å². The monoisotopic (exact) mass is 374 g/mol. The van der Waals surface area contributed by atoms with Crippen LogP contribution in [0.2, 0.25) is 0 Å². The highest BCUT2D eigenvalue weighted by atomic mass is 19.1. The summed E-state index contributed by atoms with van der Waals surface area (Å²) in [6.07, 6.45) is 0.162. The van der Waals surface area contributed by atoms with Gasteiger partial charge in [0.05, 0.1) is 13.0 Å². The van der Waals surface area contributed by atoms with Gasteiger partial charge in [0.2, 0.25) is 5.91 Å². The minimum absolute atomic E-state index is 0.114. The Morgan fingerprint density at radius 2 is 1.41 bits per heavy atom. The molecule has 0 bridgehead atoms. The molecule has 0 radical (unpaired) electrons. The van der Waals surface area contributed by atoms with Crippen LogP contribution in [-0.4, -0.2) is 38.1 Å². The molecular formula is C20H23FN2O4. The van der Waals surface area contributed by atoms with Crippen molar-refractivity contribution >= 4 is 11.8 Å². The lowest BCUT2D eigenvalue weighted by Gasteiger charge is -2.09. The first-order valence-electron chi connectivity index (χ1n) is 8.70. The zero-order chi connectivity index (χ0) is 19.5. The van der Waals surface area contributed by atoms with Gasteiger partial charge < -0.3 is 20.1 Å². The fourth-order valence-electron chi connectivity index (χ4n) is 2.25. The molecule has 0 saturated carbocycles. The van der Waals surface area contributed by atoms with Crippen molar-refractivity contribution in [1.29, 1.82) is 0 Å². The highest BCUT2D eigenvalue weighted by Crippen LogP contribution is 2.17. The first-order valence-corrected chi connectivity index (χ1v) is 8.70. The second-order valence-electron chi connectivity index (χ2n) is 5.70. The Bertz CT molecular complexity index is 733. The van der Waals surface area contributed by atoms with Gasteiger partial charge in [0.1, 0.15) is 17.3 Å². The van der Waals surface area contributed by atoms with Crippen LogP contribution in [0.5, 0.6) is 11.5 Å². The fraction of sp³-hybridized carbons (Fsp3) is 0.300. The van der Waals surface area contributed by atoms with E-state index in [0.29, 0.717) is 25.4 Å². The van der Waals surface area contributed by atoms with Crippen LogP contribution in [0.15, 0.2) is 48.5 Å². The lowest BCUT2D eigenvalue weighted by atomic mass is 10.1. The number of hydrogen-bond acceptors (Lipinski definition) is 4. The standard InChI is InChI=1S/C20H23FN2O4/c1-2-26-17-7-9-18(10-8-17)27-14-20(25)23-12-11-22-19(24)13-15-3-5-16(21)6-4-15/h3-10H,2,11-14H2,1H3,(H,22,24)(H,23,25). The van der Waals surface area contributed by atoms with Gasteiger partial charge in [0.15, 0.2) is 6.61 Å². The third-order valence-corrected chi connectivity index (χ3v) is 3.55. The lowest BCUT2D eigenvalue weighted by molar-refractivity contribution is -0.124. The number of carbonyl (C=O) groups excluding carboxylic acids is 2. The van der Waals surface area contributed by atoms with E-state index in [1.54, 1.807) is 36.4 Å². The molecule has 0 unspecified atom stereocenters. The molecule has 0 heterocycles. The first kappa shape index (κ1) is 20.2. The maximum Gasteiger partial charge on any atom is 0.258 e. The van der Waals surface area contributed by atoms with E-state index >= 15 is 0 Å². The van der Waals surface area contributed by atoms with Crippen LogP contribution in [0, 0.1) is 5.82 Å². The topological polar surface area (TPSA) is 76.7 Å². The third kappa shape index (κ3) is 7.77. The molecule has 27 heavy (non-hydrogen) atoms. The molecule has 6 nitrogen and oxygen atoms in total. The number of rotatable bonds is 10. The van der Waals surface area contributed by atoms with Crippen molar-refractivity contribution < 1.29 is 23.5 Å². The summed E-state index contributed by atoms with van der Waals surface area (Å²) in [4.78, 5) is 23.5. The Balaban J connectivity index is 1.58. The highest BCUT2D eigenvalue weighted by molar-refractivity contribution is 5.79. The van der Waals surface area contributed by atoms with E-state index in [1.807, 2.05) is 6.92 Å². The zero-order valence-corrected chi connectivity index (χ0v) is 15.2. The quantitative estimate of drug-likeness (QED) is 0.625. The number of benzene rings is 2. The van der Waals surface area contributed by atoms with Crippen LogP contribution in [0.4, 0.5) is 4.39 Å². The zero-order valence-electron chi connectivity index (χ0n) is 15.2. The molecule has 0 atom stereocenters. The fourth-order valence-corrected chi connectivity index (χ4v) is 2.25. The molecule has 7 heteroatoms. The predicted octanol–water partition coefficient (Wildman–Crippen LogP) is 2.08. The second kappa shape index (κ2) is 10.8. The Hall–Kier alpha value is -3.09. The molecule has 2 N–H and O–H groups in total. The number of halogens is 1. The molecule has 0 aliphatic carbocycles. The number of amides is 2. The maximum absolute atomic E-state index is 12.8.